The van der Waals surface area contributed by atoms with Crippen LogP contribution in [0.3, 0.4) is 0 Å². The lowest BCUT2D eigenvalue weighted by atomic mass is 10.00. The van der Waals surface area contributed by atoms with Gasteiger partial charge in [0.1, 0.15) is 6.33 Å². The van der Waals surface area contributed by atoms with Gasteiger partial charge in [-0.25, -0.2) is 14.4 Å². The van der Waals surface area contributed by atoms with Gasteiger partial charge >= 0.3 is 0 Å². The molecule has 1 aliphatic heterocycles. The van der Waals surface area contributed by atoms with Crippen LogP contribution in [0.15, 0.2) is 24.5 Å². The third-order valence-corrected chi connectivity index (χ3v) is 3.31. The van der Waals surface area contributed by atoms with E-state index in [1.54, 1.807) is 18.2 Å². The number of benzene rings is 1. The molecule has 0 spiro atoms. The summed E-state index contributed by atoms with van der Waals surface area (Å²) in [4.78, 5) is 8.52. The maximum Gasteiger partial charge on any atom is 0.174 e. The van der Waals surface area contributed by atoms with E-state index in [0.29, 0.717) is 17.8 Å². The van der Waals surface area contributed by atoms with Crippen LogP contribution >= 0.6 is 0 Å². The molecule has 0 saturated heterocycles. The van der Waals surface area contributed by atoms with E-state index in [4.69, 9.17) is 4.74 Å². The molecule has 0 amide bonds. The minimum absolute atomic E-state index is 0.230. The average molecular weight is 259 g/mol. The lowest BCUT2D eigenvalue weighted by Crippen LogP contribution is -2.25. The zero-order valence-corrected chi connectivity index (χ0v) is 10.6. The summed E-state index contributed by atoms with van der Waals surface area (Å²) in [6, 6.07) is 5.09. The third kappa shape index (κ3) is 2.06. The van der Waals surface area contributed by atoms with Crippen molar-refractivity contribution in [3.05, 3.63) is 41.6 Å². The maximum atomic E-state index is 14.3. The predicted molar refractivity (Wildman–Crippen MR) is 69.4 cm³/mol. The van der Waals surface area contributed by atoms with Crippen LogP contribution in [0.2, 0.25) is 0 Å². The first-order chi connectivity index (χ1) is 9.31. The monoisotopic (exact) mass is 259 g/mol. The van der Waals surface area contributed by atoms with E-state index in [1.807, 2.05) is 0 Å². The van der Waals surface area contributed by atoms with Crippen LogP contribution in [-0.2, 0) is 13.0 Å². The first-order valence-electron chi connectivity index (χ1n) is 6.17. The number of hydrogen-bond acceptors (Lipinski definition) is 4. The lowest BCUT2D eigenvalue weighted by molar-refractivity contribution is 0.387. The first-order valence-corrected chi connectivity index (χ1v) is 6.17. The molecule has 98 valence electrons. The molecule has 4 nitrogen and oxygen atoms in total. The van der Waals surface area contributed by atoms with Crippen molar-refractivity contribution in [1.29, 1.82) is 0 Å². The summed E-state index contributed by atoms with van der Waals surface area (Å²) in [6.07, 6.45) is 2.34. The van der Waals surface area contributed by atoms with E-state index < -0.39 is 0 Å². The number of nitrogens with zero attached hydrogens (tertiary/aromatic N) is 2. The highest BCUT2D eigenvalue weighted by atomic mass is 19.1. The number of hydrogen-bond donors (Lipinski definition) is 1. The van der Waals surface area contributed by atoms with Gasteiger partial charge in [0.15, 0.2) is 11.6 Å². The van der Waals surface area contributed by atoms with E-state index in [9.17, 15) is 4.39 Å². The molecule has 19 heavy (non-hydrogen) atoms. The normalized spacial score (nSPS) is 14.0. The molecule has 1 aromatic carbocycles. The summed E-state index contributed by atoms with van der Waals surface area (Å²) in [6.45, 7) is 1.56. The van der Waals surface area contributed by atoms with Gasteiger partial charge in [0, 0.05) is 30.6 Å². The number of fused-ring (bicyclic) bond motifs is 1. The molecule has 1 aliphatic rings. The van der Waals surface area contributed by atoms with Gasteiger partial charge in [-0.2, -0.15) is 0 Å². The molecule has 1 N–H and O–H groups in total. The second-order valence-corrected chi connectivity index (χ2v) is 4.40. The van der Waals surface area contributed by atoms with Crippen molar-refractivity contribution in [2.24, 2.45) is 0 Å². The zero-order chi connectivity index (χ0) is 13.2. The van der Waals surface area contributed by atoms with Gasteiger partial charge in [-0.15, -0.1) is 0 Å². The number of halogens is 1. The molecule has 1 aromatic heterocycles. The Bertz CT molecular complexity index is 616. The summed E-state index contributed by atoms with van der Waals surface area (Å²) in [7, 11) is 1.46. The fourth-order valence-corrected chi connectivity index (χ4v) is 2.35. The molecule has 0 bridgehead atoms. The van der Waals surface area contributed by atoms with E-state index in [0.717, 1.165) is 24.2 Å². The van der Waals surface area contributed by atoms with Crippen molar-refractivity contribution >= 4 is 0 Å². The zero-order valence-electron chi connectivity index (χ0n) is 10.6. The van der Waals surface area contributed by atoms with Gasteiger partial charge in [-0.1, -0.05) is 6.07 Å². The molecule has 5 heteroatoms. The van der Waals surface area contributed by atoms with E-state index in [2.05, 4.69) is 15.3 Å². The Morgan fingerprint density at radius 1 is 1.32 bits per heavy atom. The number of rotatable bonds is 2. The quantitative estimate of drug-likeness (QED) is 0.895. The summed E-state index contributed by atoms with van der Waals surface area (Å²) in [5.41, 5.74) is 3.07. The highest BCUT2D eigenvalue weighted by Crippen LogP contribution is 2.31. The van der Waals surface area contributed by atoms with Crippen LogP contribution in [0.4, 0.5) is 4.39 Å². The molecule has 0 saturated carbocycles. The van der Waals surface area contributed by atoms with Crippen molar-refractivity contribution < 1.29 is 9.13 Å². The molecule has 0 fully saturated rings. The Morgan fingerprint density at radius 2 is 2.21 bits per heavy atom. The average Bonchev–Trinajstić information content (AvgIpc) is 2.47. The molecule has 2 heterocycles. The van der Waals surface area contributed by atoms with E-state index in [-0.39, 0.29) is 11.6 Å². The number of nitrogens with one attached hydrogen (secondary N) is 1. The summed E-state index contributed by atoms with van der Waals surface area (Å²) in [5.74, 6) is -0.148. The molecule has 0 radical (unpaired) electrons. The van der Waals surface area contributed by atoms with Gasteiger partial charge < -0.3 is 10.1 Å². The number of aromatic nitrogens is 2. The van der Waals surface area contributed by atoms with Crippen LogP contribution in [-0.4, -0.2) is 23.6 Å². The standard InChI is InChI=1S/C14H14FN3O/c1-19-12-4-2-3-9(13(12)15)14-10-7-16-6-5-11(10)17-8-18-14/h2-4,8,16H,5-7H2,1H3. The molecule has 2 aromatic rings. The summed E-state index contributed by atoms with van der Waals surface area (Å²) < 4.78 is 19.3. The van der Waals surface area contributed by atoms with Gasteiger partial charge in [0.2, 0.25) is 0 Å². The largest absolute Gasteiger partial charge is 0.494 e. The van der Waals surface area contributed by atoms with Crippen LogP contribution < -0.4 is 10.1 Å². The van der Waals surface area contributed by atoms with E-state index in [1.165, 1.54) is 13.4 Å². The van der Waals surface area contributed by atoms with Crippen LogP contribution in [0.5, 0.6) is 5.75 Å². The van der Waals surface area contributed by atoms with Crippen molar-refractivity contribution in [3.63, 3.8) is 0 Å². The predicted octanol–water partition coefficient (Wildman–Crippen LogP) is 1.94. The summed E-state index contributed by atoms with van der Waals surface area (Å²) in [5, 5.41) is 3.27. The topological polar surface area (TPSA) is 47.0 Å². The first kappa shape index (κ1) is 12.0. The van der Waals surface area contributed by atoms with Crippen molar-refractivity contribution in [1.82, 2.24) is 15.3 Å². The Kier molecular flexibility index (Phi) is 3.13. The molecular weight excluding hydrogens is 245 g/mol. The van der Waals surface area contributed by atoms with Crippen molar-refractivity contribution in [2.75, 3.05) is 13.7 Å². The summed E-state index contributed by atoms with van der Waals surface area (Å²) >= 11 is 0. The fourth-order valence-electron chi connectivity index (χ4n) is 2.35. The minimum atomic E-state index is -0.378. The highest BCUT2D eigenvalue weighted by molar-refractivity contribution is 5.66. The van der Waals surface area contributed by atoms with Gasteiger partial charge in [0.05, 0.1) is 18.5 Å². The Hall–Kier alpha value is -2.01. The number of ether oxygens (including phenoxy) is 1. The van der Waals surface area contributed by atoms with Gasteiger partial charge in [-0.3, -0.25) is 0 Å². The van der Waals surface area contributed by atoms with Gasteiger partial charge in [-0.05, 0) is 12.1 Å². The molecule has 0 unspecified atom stereocenters. The smallest absolute Gasteiger partial charge is 0.174 e. The molecular formula is C14H14FN3O. The minimum Gasteiger partial charge on any atom is -0.494 e. The second-order valence-electron chi connectivity index (χ2n) is 4.40. The Labute approximate surface area is 110 Å². The molecule has 3 rings (SSSR count). The van der Waals surface area contributed by atoms with Gasteiger partial charge in [0.25, 0.3) is 0 Å². The molecule has 0 atom stereocenters. The Morgan fingerprint density at radius 3 is 3.05 bits per heavy atom. The van der Waals surface area contributed by atoms with Crippen molar-refractivity contribution in [2.45, 2.75) is 13.0 Å². The van der Waals surface area contributed by atoms with Crippen LogP contribution in [0.1, 0.15) is 11.3 Å². The van der Waals surface area contributed by atoms with Crippen LogP contribution in [0.25, 0.3) is 11.3 Å². The third-order valence-electron chi connectivity index (χ3n) is 3.31. The molecule has 0 aliphatic carbocycles. The highest BCUT2D eigenvalue weighted by Gasteiger charge is 2.19. The fraction of sp³-hybridized carbons (Fsp3) is 0.286. The van der Waals surface area contributed by atoms with E-state index >= 15 is 0 Å². The lowest BCUT2D eigenvalue weighted by Gasteiger charge is -2.19. The number of methoxy groups -OCH3 is 1. The maximum absolute atomic E-state index is 14.3. The van der Waals surface area contributed by atoms with Crippen LogP contribution in [0, 0.1) is 5.82 Å². The Balaban J connectivity index is 2.17. The van der Waals surface area contributed by atoms with Crippen molar-refractivity contribution in [3.8, 4) is 17.0 Å². The SMILES string of the molecule is COc1cccc(-c2ncnc3c2CNCC3)c1F. The second kappa shape index (κ2) is 4.93.